The maximum atomic E-state index is 12.5. The summed E-state index contributed by atoms with van der Waals surface area (Å²) in [4.78, 5) is 26.2. The van der Waals surface area contributed by atoms with Crippen molar-refractivity contribution in [1.82, 2.24) is 4.72 Å². The summed E-state index contributed by atoms with van der Waals surface area (Å²) in [6.45, 7) is 0. The van der Waals surface area contributed by atoms with Crippen molar-refractivity contribution in [2.75, 3.05) is 10.2 Å². The van der Waals surface area contributed by atoms with E-state index in [4.69, 9.17) is 5.21 Å². The zero-order chi connectivity index (χ0) is 21.3. The summed E-state index contributed by atoms with van der Waals surface area (Å²) in [6, 6.07) is 15.6. The van der Waals surface area contributed by atoms with Crippen LogP contribution in [0.2, 0.25) is 0 Å². The SMILES string of the molecule is O=C1c2ccccc2C(=O)N1c1ccc(N/C(=N\O)NS(=O)(=O)c2cccs2)cc1. The average Bonchev–Trinajstić information content (AvgIpc) is 3.37. The van der Waals surface area contributed by atoms with Gasteiger partial charge in [-0.05, 0) is 47.8 Å². The summed E-state index contributed by atoms with van der Waals surface area (Å²) in [5.74, 6) is -1.24. The number of imide groups is 1. The smallest absolute Gasteiger partial charge is 0.273 e. The van der Waals surface area contributed by atoms with Crippen molar-refractivity contribution in [2.24, 2.45) is 5.16 Å². The number of nitrogens with one attached hydrogen (secondary N) is 2. The van der Waals surface area contributed by atoms with Gasteiger partial charge in [0.2, 0.25) is 0 Å². The molecule has 2 heterocycles. The number of benzene rings is 2. The van der Waals surface area contributed by atoms with Gasteiger partial charge in [0.05, 0.1) is 16.8 Å². The van der Waals surface area contributed by atoms with Crippen molar-refractivity contribution in [1.29, 1.82) is 0 Å². The Balaban J connectivity index is 1.50. The molecule has 3 N–H and O–H groups in total. The largest absolute Gasteiger partial charge is 0.408 e. The first-order valence-electron chi connectivity index (χ1n) is 8.54. The van der Waals surface area contributed by atoms with E-state index in [1.165, 1.54) is 30.3 Å². The van der Waals surface area contributed by atoms with E-state index in [1.807, 2.05) is 0 Å². The number of carbonyl (C=O) groups excluding carboxylic acids is 2. The maximum Gasteiger partial charge on any atom is 0.273 e. The van der Waals surface area contributed by atoms with E-state index >= 15 is 0 Å². The average molecular weight is 442 g/mol. The second kappa shape index (κ2) is 7.61. The molecule has 152 valence electrons. The number of nitrogens with zero attached hydrogens (tertiary/aromatic N) is 2. The van der Waals surface area contributed by atoms with E-state index in [0.717, 1.165) is 16.2 Å². The first kappa shape index (κ1) is 19.6. The molecule has 0 saturated heterocycles. The fourth-order valence-electron chi connectivity index (χ4n) is 2.92. The number of guanidine groups is 1. The van der Waals surface area contributed by atoms with Crippen LogP contribution in [-0.2, 0) is 10.0 Å². The van der Waals surface area contributed by atoms with Crippen LogP contribution in [0.3, 0.4) is 0 Å². The van der Waals surface area contributed by atoms with Gasteiger partial charge in [-0.1, -0.05) is 23.4 Å². The van der Waals surface area contributed by atoms with Crippen LogP contribution in [0.5, 0.6) is 0 Å². The molecule has 2 amide bonds. The number of carbonyl (C=O) groups is 2. The van der Waals surface area contributed by atoms with Crippen LogP contribution >= 0.6 is 11.3 Å². The minimum absolute atomic E-state index is 0.0615. The number of amides is 2. The van der Waals surface area contributed by atoms with Crippen LogP contribution in [0.1, 0.15) is 20.7 Å². The van der Waals surface area contributed by atoms with Gasteiger partial charge in [-0.2, -0.15) is 0 Å². The standard InChI is InChI=1S/C19H14N4O5S2/c24-17-14-4-1-2-5-15(14)18(25)23(17)13-9-7-12(8-10-13)20-19(21-26)22-30(27,28)16-6-3-11-29-16/h1-11,26H,(H2,20,21,22). The molecule has 0 spiro atoms. The van der Waals surface area contributed by atoms with Crippen molar-refractivity contribution < 1.29 is 23.2 Å². The van der Waals surface area contributed by atoms with Crippen LogP contribution in [0.15, 0.2) is 75.4 Å². The third-order valence-corrected chi connectivity index (χ3v) is 7.01. The predicted molar refractivity (Wildman–Crippen MR) is 112 cm³/mol. The summed E-state index contributed by atoms with van der Waals surface area (Å²) in [7, 11) is -3.90. The van der Waals surface area contributed by atoms with Gasteiger partial charge in [0.25, 0.3) is 27.8 Å². The van der Waals surface area contributed by atoms with Crippen LogP contribution < -0.4 is 14.9 Å². The zero-order valence-corrected chi connectivity index (χ0v) is 16.8. The first-order chi connectivity index (χ1) is 14.4. The molecule has 0 radical (unpaired) electrons. The van der Waals surface area contributed by atoms with Gasteiger partial charge in [0.1, 0.15) is 4.21 Å². The Kier molecular flexibility index (Phi) is 4.98. The normalized spacial score (nSPS) is 14.0. The number of oxime groups is 1. The van der Waals surface area contributed by atoms with Crippen molar-refractivity contribution in [3.63, 3.8) is 0 Å². The summed E-state index contributed by atoms with van der Waals surface area (Å²) >= 11 is 1.02. The number of sulfonamides is 1. The highest BCUT2D eigenvalue weighted by atomic mass is 32.2. The van der Waals surface area contributed by atoms with E-state index in [1.54, 1.807) is 35.7 Å². The lowest BCUT2D eigenvalue weighted by Crippen LogP contribution is -2.35. The number of hydrogen-bond donors (Lipinski definition) is 3. The molecule has 1 aromatic heterocycles. The lowest BCUT2D eigenvalue weighted by molar-refractivity contribution is 0.0926. The molecular weight excluding hydrogens is 428 g/mol. The number of thiophene rings is 1. The van der Waals surface area contributed by atoms with Crippen molar-refractivity contribution in [2.45, 2.75) is 4.21 Å². The molecule has 0 unspecified atom stereocenters. The van der Waals surface area contributed by atoms with Crippen LogP contribution in [0.25, 0.3) is 0 Å². The molecule has 4 rings (SSSR count). The Hall–Kier alpha value is -3.70. The Morgan fingerprint density at radius 1 is 0.933 bits per heavy atom. The molecule has 0 atom stereocenters. The molecule has 0 saturated carbocycles. The van der Waals surface area contributed by atoms with E-state index < -0.39 is 27.8 Å². The van der Waals surface area contributed by atoms with Crippen LogP contribution in [0.4, 0.5) is 11.4 Å². The highest BCUT2D eigenvalue weighted by Crippen LogP contribution is 2.29. The van der Waals surface area contributed by atoms with Gasteiger partial charge in [0, 0.05) is 5.69 Å². The monoisotopic (exact) mass is 442 g/mol. The van der Waals surface area contributed by atoms with Gasteiger partial charge >= 0.3 is 0 Å². The number of rotatable bonds is 4. The molecule has 1 aliphatic heterocycles. The highest BCUT2D eigenvalue weighted by molar-refractivity contribution is 7.92. The zero-order valence-electron chi connectivity index (χ0n) is 15.1. The molecular formula is C19H14N4O5S2. The number of fused-ring (bicyclic) bond motifs is 1. The maximum absolute atomic E-state index is 12.5. The quantitative estimate of drug-likeness (QED) is 0.187. The van der Waals surface area contributed by atoms with Gasteiger partial charge < -0.3 is 10.5 Å². The minimum Gasteiger partial charge on any atom is -0.408 e. The van der Waals surface area contributed by atoms with E-state index in [9.17, 15) is 18.0 Å². The summed E-state index contributed by atoms with van der Waals surface area (Å²) in [5.41, 5.74) is 1.40. The first-order valence-corrected chi connectivity index (χ1v) is 10.9. The Morgan fingerprint density at radius 3 is 2.10 bits per heavy atom. The molecule has 11 heteroatoms. The predicted octanol–water partition coefficient (Wildman–Crippen LogP) is 2.68. The molecule has 2 aromatic carbocycles. The molecule has 0 aliphatic carbocycles. The fourth-order valence-corrected chi connectivity index (χ4v) is 4.87. The van der Waals surface area contributed by atoms with E-state index in [-0.39, 0.29) is 4.21 Å². The van der Waals surface area contributed by atoms with Gasteiger partial charge in [-0.25, -0.2) is 18.0 Å². The third-order valence-electron chi connectivity index (χ3n) is 4.27. The van der Waals surface area contributed by atoms with Crippen molar-refractivity contribution in [3.05, 3.63) is 77.2 Å². The molecule has 0 bridgehead atoms. The number of anilines is 2. The lowest BCUT2D eigenvalue weighted by Gasteiger charge is -2.15. The molecule has 0 fully saturated rings. The number of hydrogen-bond acceptors (Lipinski definition) is 7. The van der Waals surface area contributed by atoms with Gasteiger partial charge in [-0.3, -0.25) is 9.59 Å². The summed E-state index contributed by atoms with van der Waals surface area (Å²) in [5, 5.41) is 16.3. The molecule has 30 heavy (non-hydrogen) atoms. The van der Waals surface area contributed by atoms with Gasteiger partial charge in [0.15, 0.2) is 0 Å². The minimum atomic E-state index is -3.90. The lowest BCUT2D eigenvalue weighted by atomic mass is 10.1. The summed E-state index contributed by atoms with van der Waals surface area (Å²) < 4.78 is 26.7. The molecule has 9 nitrogen and oxygen atoms in total. The summed E-state index contributed by atoms with van der Waals surface area (Å²) in [6.07, 6.45) is 0. The highest BCUT2D eigenvalue weighted by Gasteiger charge is 2.36. The fraction of sp³-hybridized carbons (Fsp3) is 0. The Morgan fingerprint density at radius 2 is 1.57 bits per heavy atom. The molecule has 3 aromatic rings. The van der Waals surface area contributed by atoms with Crippen LogP contribution in [-0.4, -0.2) is 31.4 Å². The molecule has 1 aliphatic rings. The second-order valence-corrected chi connectivity index (χ2v) is 9.01. The van der Waals surface area contributed by atoms with E-state index in [2.05, 4.69) is 15.2 Å². The Bertz CT molecular complexity index is 1220. The van der Waals surface area contributed by atoms with Gasteiger partial charge in [-0.15, -0.1) is 11.3 Å². The van der Waals surface area contributed by atoms with E-state index in [0.29, 0.717) is 22.5 Å². The third kappa shape index (κ3) is 3.51. The Labute approximate surface area is 175 Å². The van der Waals surface area contributed by atoms with Crippen molar-refractivity contribution in [3.8, 4) is 0 Å². The van der Waals surface area contributed by atoms with Crippen LogP contribution in [0, 0.1) is 0 Å². The second-order valence-electron chi connectivity index (χ2n) is 6.15. The topological polar surface area (TPSA) is 128 Å². The van der Waals surface area contributed by atoms with Crippen molar-refractivity contribution >= 4 is 50.5 Å².